The predicted octanol–water partition coefficient (Wildman–Crippen LogP) is 3.34. The smallest absolute Gasteiger partial charge is 0.336 e. The molecule has 1 aliphatic carbocycles. The molecule has 1 saturated heterocycles. The Labute approximate surface area is 173 Å². The topological polar surface area (TPSA) is 57.7 Å². The third-order valence-corrected chi connectivity index (χ3v) is 7.64. The molecule has 4 rings (SSSR count). The van der Waals surface area contributed by atoms with E-state index >= 15 is 0 Å². The minimum absolute atomic E-state index is 0.0504. The summed E-state index contributed by atoms with van der Waals surface area (Å²) in [5, 5.41) is 0. The summed E-state index contributed by atoms with van der Waals surface area (Å²) < 4.78 is 66.5. The normalized spacial score (nSPS) is 17.8. The van der Waals surface area contributed by atoms with Crippen molar-refractivity contribution in [1.82, 2.24) is 9.21 Å². The van der Waals surface area contributed by atoms with Crippen LogP contribution in [0.1, 0.15) is 33.5 Å². The van der Waals surface area contributed by atoms with Crippen molar-refractivity contribution < 1.29 is 26.4 Å². The van der Waals surface area contributed by atoms with Crippen molar-refractivity contribution in [3.05, 3.63) is 64.7 Å². The zero-order valence-corrected chi connectivity index (χ0v) is 17.0. The van der Waals surface area contributed by atoms with Gasteiger partial charge in [0.25, 0.3) is 5.91 Å². The van der Waals surface area contributed by atoms with E-state index < -0.39 is 26.7 Å². The molecule has 1 aliphatic heterocycles. The number of carbonyl (C=O) groups excluding carboxylic acids is 1. The molecule has 0 radical (unpaired) electrons. The van der Waals surface area contributed by atoms with Crippen LogP contribution in [0.5, 0.6) is 0 Å². The van der Waals surface area contributed by atoms with Crippen molar-refractivity contribution in [2.24, 2.45) is 0 Å². The Balaban J connectivity index is 1.49. The second-order valence-corrected chi connectivity index (χ2v) is 9.43. The summed E-state index contributed by atoms with van der Waals surface area (Å²) in [7, 11) is -4.32. The van der Waals surface area contributed by atoms with Gasteiger partial charge in [0, 0.05) is 31.7 Å². The lowest BCUT2D eigenvalue weighted by Crippen LogP contribution is -2.50. The molecule has 5 nitrogen and oxygen atoms in total. The highest BCUT2D eigenvalue weighted by molar-refractivity contribution is 7.89. The van der Waals surface area contributed by atoms with Gasteiger partial charge < -0.3 is 4.90 Å². The van der Waals surface area contributed by atoms with Gasteiger partial charge in [-0.15, -0.1) is 0 Å². The van der Waals surface area contributed by atoms with Gasteiger partial charge in [0.2, 0.25) is 10.0 Å². The first-order chi connectivity index (χ1) is 14.2. The molecule has 30 heavy (non-hydrogen) atoms. The zero-order valence-electron chi connectivity index (χ0n) is 16.2. The van der Waals surface area contributed by atoms with Crippen molar-refractivity contribution >= 4 is 15.9 Å². The molecule has 0 spiro atoms. The molecule has 0 N–H and O–H groups in total. The van der Waals surface area contributed by atoms with E-state index in [4.69, 9.17) is 0 Å². The number of fused-ring (bicyclic) bond motifs is 1. The van der Waals surface area contributed by atoms with E-state index in [9.17, 15) is 26.4 Å². The van der Waals surface area contributed by atoms with E-state index in [1.54, 1.807) is 11.0 Å². The maximum atomic E-state index is 13.3. The van der Waals surface area contributed by atoms with Crippen molar-refractivity contribution in [3.63, 3.8) is 0 Å². The van der Waals surface area contributed by atoms with Crippen LogP contribution >= 0.6 is 0 Å². The third kappa shape index (κ3) is 3.83. The second-order valence-electron chi connectivity index (χ2n) is 7.53. The number of hydrogen-bond donors (Lipinski definition) is 0. The standard InChI is InChI=1S/C21H21F3N2O3S/c22-21(23,24)18-6-1-2-7-19(18)30(28,29)26-12-10-25(11-13-26)20(27)17-9-8-15-4-3-5-16(15)14-17/h1-2,6-9,14H,3-5,10-13H2. The van der Waals surface area contributed by atoms with Crippen molar-refractivity contribution in [1.29, 1.82) is 0 Å². The molecule has 2 aliphatic rings. The van der Waals surface area contributed by atoms with Crippen LogP contribution in [0.2, 0.25) is 0 Å². The number of hydrogen-bond acceptors (Lipinski definition) is 3. The van der Waals surface area contributed by atoms with E-state index in [2.05, 4.69) is 0 Å². The Kier molecular flexibility index (Phi) is 5.36. The van der Waals surface area contributed by atoms with E-state index in [-0.39, 0.29) is 32.1 Å². The van der Waals surface area contributed by atoms with Gasteiger partial charge in [0.05, 0.1) is 10.5 Å². The van der Waals surface area contributed by atoms with Gasteiger partial charge in [-0.25, -0.2) is 8.42 Å². The number of amides is 1. The Bertz CT molecular complexity index is 1080. The Morgan fingerprint density at radius 1 is 0.900 bits per heavy atom. The molecule has 0 aromatic heterocycles. The first-order valence-electron chi connectivity index (χ1n) is 9.75. The Hall–Kier alpha value is -2.39. The van der Waals surface area contributed by atoms with E-state index in [0.717, 1.165) is 41.8 Å². The largest absolute Gasteiger partial charge is 0.417 e. The minimum Gasteiger partial charge on any atom is -0.336 e. The highest BCUT2D eigenvalue weighted by atomic mass is 32.2. The van der Waals surface area contributed by atoms with E-state index in [1.165, 1.54) is 17.2 Å². The lowest BCUT2D eigenvalue weighted by Gasteiger charge is -2.34. The zero-order chi connectivity index (χ0) is 21.5. The van der Waals surface area contributed by atoms with Crippen LogP contribution in [0.25, 0.3) is 0 Å². The maximum absolute atomic E-state index is 13.3. The number of halogens is 3. The van der Waals surface area contributed by atoms with Gasteiger partial charge in [-0.2, -0.15) is 17.5 Å². The number of rotatable bonds is 3. The van der Waals surface area contributed by atoms with Crippen LogP contribution < -0.4 is 0 Å². The molecule has 0 atom stereocenters. The second kappa shape index (κ2) is 7.70. The van der Waals surface area contributed by atoms with Crippen LogP contribution in [-0.2, 0) is 29.0 Å². The summed E-state index contributed by atoms with van der Waals surface area (Å²) in [5.41, 5.74) is 1.81. The molecule has 1 heterocycles. The summed E-state index contributed by atoms with van der Waals surface area (Å²) in [6, 6.07) is 9.82. The minimum atomic E-state index is -4.77. The van der Waals surface area contributed by atoms with Crippen molar-refractivity contribution in [2.75, 3.05) is 26.2 Å². The van der Waals surface area contributed by atoms with Crippen molar-refractivity contribution in [3.8, 4) is 0 Å². The number of aryl methyl sites for hydroxylation is 2. The summed E-state index contributed by atoms with van der Waals surface area (Å²) >= 11 is 0. The lowest BCUT2D eigenvalue weighted by molar-refractivity contribution is -0.139. The average molecular weight is 438 g/mol. The van der Waals surface area contributed by atoms with Gasteiger partial charge >= 0.3 is 6.18 Å². The Morgan fingerprint density at radius 3 is 2.27 bits per heavy atom. The summed E-state index contributed by atoms with van der Waals surface area (Å²) in [5.74, 6) is -0.183. The van der Waals surface area contributed by atoms with Gasteiger partial charge in [0.15, 0.2) is 0 Å². The quantitative estimate of drug-likeness (QED) is 0.739. The molecule has 0 saturated carbocycles. The fourth-order valence-corrected chi connectivity index (χ4v) is 5.72. The number of nitrogens with zero attached hydrogens (tertiary/aromatic N) is 2. The summed E-state index contributed by atoms with van der Waals surface area (Å²) in [6.07, 6.45) is -1.74. The first-order valence-corrected chi connectivity index (χ1v) is 11.2. The summed E-state index contributed by atoms with van der Waals surface area (Å²) in [6.45, 7) is 0.156. The SMILES string of the molecule is O=C(c1ccc2c(c1)CCC2)N1CCN(S(=O)(=O)c2ccccc2C(F)(F)F)CC1. The third-order valence-electron chi connectivity index (χ3n) is 5.68. The number of alkyl halides is 3. The monoisotopic (exact) mass is 438 g/mol. The molecule has 1 fully saturated rings. The number of carbonyl (C=O) groups is 1. The highest BCUT2D eigenvalue weighted by Gasteiger charge is 2.39. The highest BCUT2D eigenvalue weighted by Crippen LogP contribution is 2.35. The molecule has 2 aromatic carbocycles. The van der Waals surface area contributed by atoms with Crippen LogP contribution in [0.3, 0.4) is 0 Å². The molecule has 0 bridgehead atoms. The molecule has 9 heteroatoms. The predicted molar refractivity (Wildman–Crippen MR) is 105 cm³/mol. The van der Waals surface area contributed by atoms with Crippen LogP contribution in [0.4, 0.5) is 13.2 Å². The fourth-order valence-electron chi connectivity index (χ4n) is 4.08. The van der Waals surface area contributed by atoms with E-state index in [0.29, 0.717) is 5.56 Å². The average Bonchev–Trinajstić information content (AvgIpc) is 3.20. The number of piperazine rings is 1. The molecule has 0 unspecified atom stereocenters. The summed E-state index contributed by atoms with van der Waals surface area (Å²) in [4.78, 5) is 13.6. The molecule has 1 amide bonds. The number of benzene rings is 2. The van der Waals surface area contributed by atoms with Crippen LogP contribution in [0.15, 0.2) is 47.4 Å². The first kappa shape index (κ1) is 20.9. The molecule has 160 valence electrons. The van der Waals surface area contributed by atoms with Gasteiger partial charge in [0.1, 0.15) is 0 Å². The lowest BCUT2D eigenvalue weighted by atomic mass is 10.1. The van der Waals surface area contributed by atoms with Crippen LogP contribution in [-0.4, -0.2) is 49.7 Å². The molecule has 2 aromatic rings. The van der Waals surface area contributed by atoms with Gasteiger partial charge in [-0.3, -0.25) is 4.79 Å². The molecular formula is C21H21F3N2O3S. The van der Waals surface area contributed by atoms with Crippen LogP contribution in [0, 0.1) is 0 Å². The fraction of sp³-hybridized carbons (Fsp3) is 0.381. The Morgan fingerprint density at radius 2 is 1.57 bits per heavy atom. The maximum Gasteiger partial charge on any atom is 0.417 e. The van der Waals surface area contributed by atoms with Crippen molar-refractivity contribution in [2.45, 2.75) is 30.3 Å². The van der Waals surface area contributed by atoms with Gasteiger partial charge in [-0.1, -0.05) is 18.2 Å². The molecular weight excluding hydrogens is 417 g/mol. The number of sulfonamides is 1. The van der Waals surface area contributed by atoms with E-state index in [1.807, 2.05) is 12.1 Å². The van der Waals surface area contributed by atoms with Gasteiger partial charge in [-0.05, 0) is 54.7 Å².